The van der Waals surface area contributed by atoms with E-state index in [9.17, 15) is 24.6 Å². The average Bonchev–Trinajstić information content (AvgIpc) is 3.20. The van der Waals surface area contributed by atoms with Gasteiger partial charge >= 0.3 is 11.9 Å². The molecule has 0 bridgehead atoms. The lowest BCUT2D eigenvalue weighted by Crippen LogP contribution is -2.47. The van der Waals surface area contributed by atoms with Crippen LogP contribution in [0.5, 0.6) is 0 Å². The van der Waals surface area contributed by atoms with E-state index >= 15 is 0 Å². The van der Waals surface area contributed by atoms with Gasteiger partial charge in [0.15, 0.2) is 0 Å². The maximum Gasteiger partial charge on any atom is 0.307 e. The van der Waals surface area contributed by atoms with Gasteiger partial charge in [-0.25, -0.2) is 9.78 Å². The zero-order valence-corrected chi connectivity index (χ0v) is 33.3. The van der Waals surface area contributed by atoms with Gasteiger partial charge in [-0.05, 0) is 171 Å². The minimum absolute atomic E-state index is 0.00992. The Balaban J connectivity index is 0.807. The molecule has 6 unspecified atom stereocenters. The number of amides is 1. The summed E-state index contributed by atoms with van der Waals surface area (Å²) in [6.07, 6.45) is 21.6. The summed E-state index contributed by atoms with van der Waals surface area (Å²) in [5, 5.41) is 40.2. The van der Waals surface area contributed by atoms with Gasteiger partial charge in [0, 0.05) is 12.1 Å². The van der Waals surface area contributed by atoms with Crippen LogP contribution in [0.3, 0.4) is 0 Å². The SMILES string of the molecule is O=C(O)C1CCC(COO)C(CONC2CCC(OC3CCC(C4CCC(OC5CCC(NC(=O)C6CC(COO)CCC6C(=O)O)CC5)CC4)CC3)CC2)C1. The minimum Gasteiger partial charge on any atom is -0.481 e. The van der Waals surface area contributed by atoms with E-state index in [1.54, 1.807) is 0 Å². The van der Waals surface area contributed by atoms with Gasteiger partial charge in [-0.15, -0.1) is 0 Å². The van der Waals surface area contributed by atoms with Gasteiger partial charge in [-0.2, -0.15) is 5.48 Å². The van der Waals surface area contributed by atoms with E-state index in [1.807, 2.05) is 0 Å². The van der Waals surface area contributed by atoms with Crippen LogP contribution in [0.15, 0.2) is 0 Å². The second kappa shape index (κ2) is 21.9. The Hall–Kier alpha value is -1.91. The monoisotopic (exact) mass is 794 g/mol. The van der Waals surface area contributed by atoms with E-state index in [-0.39, 0.29) is 61.0 Å². The van der Waals surface area contributed by atoms with Crippen molar-refractivity contribution in [1.29, 1.82) is 0 Å². The van der Waals surface area contributed by atoms with E-state index in [1.165, 1.54) is 25.7 Å². The standard InChI is InChI=1S/C42H70N2O12/c45-40(39-21-26(23-53-50)1-20-38(39)42(48)49)43-32-8-16-36(17-9-32)55-34-12-4-27(5-13-34)28-6-14-35(15-7-28)56-37-18-10-33(11-19-37)44-52-24-31-22-29(41(46)47)2-3-30(31)25-54-51/h26-39,44,50-51H,1-25H2,(H,43,45)(H,46,47)(H,48,49). The van der Waals surface area contributed by atoms with Gasteiger partial charge in [-0.1, -0.05) is 0 Å². The number of hydroxylamine groups is 1. The lowest BCUT2D eigenvalue weighted by Gasteiger charge is -2.40. The molecule has 6 fully saturated rings. The summed E-state index contributed by atoms with van der Waals surface area (Å²) in [6.45, 7) is 0.759. The van der Waals surface area contributed by atoms with Crippen molar-refractivity contribution in [3.8, 4) is 0 Å². The van der Waals surface area contributed by atoms with Gasteiger partial charge in [0.1, 0.15) is 0 Å². The van der Waals surface area contributed by atoms with Crippen LogP contribution in [0.2, 0.25) is 0 Å². The fourth-order valence-corrected chi connectivity index (χ4v) is 11.3. The Morgan fingerprint density at radius 2 is 1.04 bits per heavy atom. The minimum atomic E-state index is -0.924. The van der Waals surface area contributed by atoms with Crippen LogP contribution >= 0.6 is 0 Å². The van der Waals surface area contributed by atoms with Gasteiger partial charge in [-0.3, -0.25) is 24.9 Å². The largest absolute Gasteiger partial charge is 0.481 e. The van der Waals surface area contributed by atoms with Crippen LogP contribution < -0.4 is 10.8 Å². The maximum atomic E-state index is 13.2. The van der Waals surface area contributed by atoms with Crippen molar-refractivity contribution in [2.45, 2.75) is 178 Å². The maximum absolute atomic E-state index is 13.2. The van der Waals surface area contributed by atoms with Crippen molar-refractivity contribution in [2.75, 3.05) is 19.8 Å². The highest BCUT2D eigenvalue weighted by Crippen LogP contribution is 2.42. The lowest BCUT2D eigenvalue weighted by atomic mass is 9.72. The molecule has 0 saturated heterocycles. The third-order valence-corrected chi connectivity index (χ3v) is 14.8. The zero-order chi connectivity index (χ0) is 39.4. The molecular weight excluding hydrogens is 724 g/mol. The Labute approximate surface area is 332 Å². The van der Waals surface area contributed by atoms with Crippen molar-refractivity contribution in [2.24, 2.45) is 47.3 Å². The van der Waals surface area contributed by atoms with Crippen LogP contribution in [-0.4, -0.2) is 94.9 Å². The number of rotatable bonds is 17. The summed E-state index contributed by atoms with van der Waals surface area (Å²) in [5.74, 6) is -1.82. The van der Waals surface area contributed by atoms with E-state index < -0.39 is 23.8 Å². The average molecular weight is 795 g/mol. The zero-order valence-electron chi connectivity index (χ0n) is 33.3. The molecule has 6 atom stereocenters. The summed E-state index contributed by atoms with van der Waals surface area (Å²) < 4.78 is 13.3. The molecule has 1 amide bonds. The van der Waals surface area contributed by atoms with Crippen LogP contribution in [0.4, 0.5) is 0 Å². The molecule has 6 N–H and O–H groups in total. The Morgan fingerprint density at radius 3 is 1.55 bits per heavy atom. The van der Waals surface area contributed by atoms with E-state index in [0.717, 1.165) is 88.9 Å². The van der Waals surface area contributed by atoms with E-state index in [0.29, 0.717) is 63.4 Å². The highest BCUT2D eigenvalue weighted by Gasteiger charge is 2.41. The Morgan fingerprint density at radius 1 is 0.500 bits per heavy atom. The molecule has 14 nitrogen and oxygen atoms in total. The number of ether oxygens (including phenoxy) is 2. The third-order valence-electron chi connectivity index (χ3n) is 14.8. The molecule has 0 radical (unpaired) electrons. The molecule has 6 rings (SSSR count). The van der Waals surface area contributed by atoms with Gasteiger partial charge in [0.2, 0.25) is 5.91 Å². The smallest absolute Gasteiger partial charge is 0.307 e. The third kappa shape index (κ3) is 12.5. The number of carboxylic acid groups (broad SMARTS) is 2. The Bertz CT molecular complexity index is 1210. The predicted octanol–water partition coefficient (Wildman–Crippen LogP) is 6.61. The number of hydrogen-bond acceptors (Lipinski definition) is 11. The molecule has 14 heteroatoms. The van der Waals surface area contributed by atoms with Crippen LogP contribution in [-0.2, 0) is 38.5 Å². The van der Waals surface area contributed by atoms with Crippen LogP contribution in [0.1, 0.15) is 141 Å². The molecule has 0 spiro atoms. The molecule has 0 aromatic carbocycles. The first-order chi connectivity index (χ1) is 27.2. The number of nitrogens with one attached hydrogen (secondary N) is 2. The van der Waals surface area contributed by atoms with E-state index in [2.05, 4.69) is 20.6 Å². The second-order valence-electron chi connectivity index (χ2n) is 18.4. The number of carboxylic acids is 2. The molecular formula is C42H70N2O12. The quantitative estimate of drug-likeness (QED) is 0.0679. The number of hydrogen-bond donors (Lipinski definition) is 6. The van der Waals surface area contributed by atoms with Crippen molar-refractivity contribution < 1.29 is 59.2 Å². The number of carbonyl (C=O) groups excluding carboxylic acids is 1. The molecule has 6 aliphatic rings. The van der Waals surface area contributed by atoms with Gasteiger partial charge in [0.05, 0.1) is 62.0 Å². The second-order valence-corrected chi connectivity index (χ2v) is 18.4. The van der Waals surface area contributed by atoms with Crippen molar-refractivity contribution in [3.63, 3.8) is 0 Å². The summed E-state index contributed by atoms with van der Waals surface area (Å²) in [7, 11) is 0. The lowest BCUT2D eigenvalue weighted by molar-refractivity contribution is -0.257. The number of aliphatic carboxylic acids is 2. The highest BCUT2D eigenvalue weighted by atomic mass is 17.1. The molecule has 0 aromatic rings. The molecule has 6 saturated carbocycles. The van der Waals surface area contributed by atoms with Crippen molar-refractivity contribution in [3.05, 3.63) is 0 Å². The normalized spacial score (nSPS) is 39.8. The molecule has 0 heterocycles. The molecule has 0 aliphatic heterocycles. The predicted molar refractivity (Wildman–Crippen MR) is 204 cm³/mol. The fraction of sp³-hybridized carbons (Fsp3) is 0.929. The highest BCUT2D eigenvalue weighted by molar-refractivity contribution is 5.85. The first-order valence-electron chi connectivity index (χ1n) is 22.2. The van der Waals surface area contributed by atoms with Crippen LogP contribution in [0, 0.1) is 47.3 Å². The van der Waals surface area contributed by atoms with Gasteiger partial charge < -0.3 is 29.8 Å². The fourth-order valence-electron chi connectivity index (χ4n) is 11.3. The summed E-state index contributed by atoms with van der Waals surface area (Å²) in [4.78, 5) is 51.2. The molecule has 320 valence electrons. The first kappa shape index (κ1) is 43.7. The molecule has 56 heavy (non-hydrogen) atoms. The molecule has 0 aromatic heterocycles. The first-order valence-corrected chi connectivity index (χ1v) is 22.2. The molecule has 6 aliphatic carbocycles. The summed E-state index contributed by atoms with van der Waals surface area (Å²) in [6, 6.07) is 0.314. The number of carbonyl (C=O) groups is 3. The van der Waals surface area contributed by atoms with Crippen molar-refractivity contribution in [1.82, 2.24) is 10.8 Å². The van der Waals surface area contributed by atoms with Gasteiger partial charge in [0.25, 0.3) is 0 Å². The summed E-state index contributed by atoms with van der Waals surface area (Å²) in [5.41, 5.74) is 3.24. The summed E-state index contributed by atoms with van der Waals surface area (Å²) >= 11 is 0. The van der Waals surface area contributed by atoms with Crippen LogP contribution in [0.25, 0.3) is 0 Å². The Kier molecular flexibility index (Phi) is 17.1. The van der Waals surface area contributed by atoms with E-state index in [4.69, 9.17) is 24.8 Å². The van der Waals surface area contributed by atoms with Crippen molar-refractivity contribution >= 4 is 17.8 Å². The topological polar surface area (TPSA) is 202 Å².